The minimum absolute atomic E-state index is 0.0319. The van der Waals surface area contributed by atoms with Crippen LogP contribution >= 0.6 is 11.3 Å². The summed E-state index contributed by atoms with van der Waals surface area (Å²) in [6, 6.07) is 42.1. The predicted molar refractivity (Wildman–Crippen MR) is 192 cm³/mol. The molecule has 0 unspecified atom stereocenters. The number of hydrogen-bond acceptors (Lipinski definition) is 4. The molecule has 2 heterocycles. The fraction of sp³-hybridized carbons (Fsp3) is 0.233. The monoisotopic (exact) mass is 623 g/mol. The van der Waals surface area contributed by atoms with Gasteiger partial charge in [-0.2, -0.15) is 0 Å². The van der Waals surface area contributed by atoms with E-state index in [4.69, 9.17) is 15.0 Å². The molecular weight excluding hydrogens is 591 g/mol. The first-order valence-corrected chi connectivity index (χ1v) is 18.0. The minimum Gasteiger partial charge on any atom is -0.208 e. The summed E-state index contributed by atoms with van der Waals surface area (Å²) in [5.74, 6) is 5.39. The van der Waals surface area contributed by atoms with Crippen LogP contribution in [-0.4, -0.2) is 15.0 Å². The Morgan fingerprint density at radius 1 is 0.489 bits per heavy atom. The predicted octanol–water partition coefficient (Wildman–Crippen LogP) is 11.0. The number of rotatable bonds is 3. The maximum absolute atomic E-state index is 5.39. The van der Waals surface area contributed by atoms with Crippen LogP contribution in [-0.2, 0) is 5.41 Å². The maximum atomic E-state index is 5.39. The minimum atomic E-state index is 0.0319. The fourth-order valence-electron chi connectivity index (χ4n) is 10.6. The van der Waals surface area contributed by atoms with Crippen molar-refractivity contribution in [2.75, 3.05) is 0 Å². The van der Waals surface area contributed by atoms with Crippen LogP contribution in [0.4, 0.5) is 0 Å². The summed E-state index contributed by atoms with van der Waals surface area (Å²) in [6.45, 7) is 0. The van der Waals surface area contributed by atoms with E-state index >= 15 is 0 Å². The lowest BCUT2D eigenvalue weighted by Crippen LogP contribution is -2.55. The Kier molecular flexibility index (Phi) is 5.44. The van der Waals surface area contributed by atoms with Gasteiger partial charge in [0.1, 0.15) is 0 Å². The van der Waals surface area contributed by atoms with Crippen LogP contribution in [0.1, 0.15) is 43.2 Å². The Hall–Kier alpha value is -4.67. The van der Waals surface area contributed by atoms with Crippen molar-refractivity contribution in [1.82, 2.24) is 15.0 Å². The van der Waals surface area contributed by atoms with Crippen molar-refractivity contribution in [1.29, 1.82) is 0 Å². The topological polar surface area (TPSA) is 38.7 Å². The second kappa shape index (κ2) is 9.68. The van der Waals surface area contributed by atoms with Crippen LogP contribution in [0.3, 0.4) is 0 Å². The highest BCUT2D eigenvalue weighted by Crippen LogP contribution is 2.70. The Morgan fingerprint density at radius 3 is 1.96 bits per heavy atom. The molecule has 0 saturated heterocycles. The van der Waals surface area contributed by atoms with E-state index in [9.17, 15) is 0 Å². The van der Waals surface area contributed by atoms with Gasteiger partial charge in [0.05, 0.1) is 0 Å². The van der Waals surface area contributed by atoms with E-state index in [1.165, 1.54) is 74.5 Å². The Morgan fingerprint density at radius 2 is 1.13 bits per heavy atom. The molecule has 2 aromatic heterocycles. The molecule has 4 heteroatoms. The summed E-state index contributed by atoms with van der Waals surface area (Å²) < 4.78 is 2.59. The molecule has 5 aliphatic rings. The average molecular weight is 624 g/mol. The zero-order valence-corrected chi connectivity index (χ0v) is 26.9. The van der Waals surface area contributed by atoms with Gasteiger partial charge in [0.15, 0.2) is 17.5 Å². The van der Waals surface area contributed by atoms with Gasteiger partial charge in [0.2, 0.25) is 0 Å². The van der Waals surface area contributed by atoms with E-state index in [2.05, 4.69) is 115 Å². The summed E-state index contributed by atoms with van der Waals surface area (Å²) in [5, 5.41) is 2.55. The van der Waals surface area contributed by atoms with Gasteiger partial charge >= 0.3 is 0 Å². The molecule has 5 aromatic carbocycles. The summed E-state index contributed by atoms with van der Waals surface area (Å²) in [7, 11) is 0. The summed E-state index contributed by atoms with van der Waals surface area (Å²) in [5.41, 5.74) is 9.12. The molecule has 5 aliphatic carbocycles. The van der Waals surface area contributed by atoms with Crippen molar-refractivity contribution in [3.63, 3.8) is 0 Å². The van der Waals surface area contributed by atoms with Crippen molar-refractivity contribution in [3.8, 4) is 45.3 Å². The molecule has 4 fully saturated rings. The highest BCUT2D eigenvalue weighted by molar-refractivity contribution is 7.25. The first-order chi connectivity index (χ1) is 23.2. The highest BCUT2D eigenvalue weighted by Gasteiger charge is 2.62. The summed E-state index contributed by atoms with van der Waals surface area (Å²) in [6.07, 6.45) is 6.84. The zero-order valence-electron chi connectivity index (χ0n) is 26.1. The Bertz CT molecular complexity index is 2360. The molecular formula is C43H33N3S. The molecule has 1 spiro atoms. The Labute approximate surface area is 278 Å². The first kappa shape index (κ1) is 26.4. The highest BCUT2D eigenvalue weighted by atomic mass is 32.1. The number of aromatic nitrogens is 3. The molecule has 4 saturated carbocycles. The van der Waals surface area contributed by atoms with E-state index in [1.807, 2.05) is 11.3 Å². The van der Waals surface area contributed by atoms with Gasteiger partial charge in [-0.05, 0) is 102 Å². The zero-order chi connectivity index (χ0) is 30.7. The van der Waals surface area contributed by atoms with Crippen LogP contribution < -0.4 is 0 Å². The molecule has 7 aromatic rings. The molecule has 0 amide bonds. The van der Waals surface area contributed by atoms with E-state index < -0.39 is 0 Å². The first-order valence-electron chi connectivity index (χ1n) is 17.2. The Balaban J connectivity index is 1.17. The third-order valence-corrected chi connectivity index (χ3v) is 13.3. The summed E-state index contributed by atoms with van der Waals surface area (Å²) in [4.78, 5) is 15.9. The fourth-order valence-corrected chi connectivity index (χ4v) is 11.7. The van der Waals surface area contributed by atoms with Crippen molar-refractivity contribution >= 4 is 31.5 Å². The van der Waals surface area contributed by atoms with Crippen LogP contribution in [0.15, 0.2) is 115 Å². The van der Waals surface area contributed by atoms with Crippen LogP contribution in [0.5, 0.6) is 0 Å². The van der Waals surface area contributed by atoms with E-state index in [-0.39, 0.29) is 5.41 Å². The second-order valence-electron chi connectivity index (χ2n) is 14.4. The number of fused-ring (bicyclic) bond motifs is 6. The lowest BCUT2D eigenvalue weighted by molar-refractivity contribution is -0.0397. The van der Waals surface area contributed by atoms with Gasteiger partial charge in [-0.15, -0.1) is 11.3 Å². The standard InChI is InChI=1S/C43H33N3S/c1-2-9-27(10-3-1)40-44-41(28-17-18-38-35(24-28)32-12-5-7-16-37(32)47-38)46-42(45-40)34-14-8-13-33-31-11-4-6-15-36(31)43(39(33)34)29-20-25-19-26(22-29)23-30(43)21-25/h1-18,24-26,29-30H,19-23H2. The number of benzene rings is 5. The van der Waals surface area contributed by atoms with Crippen molar-refractivity contribution in [2.45, 2.75) is 37.5 Å². The largest absolute Gasteiger partial charge is 0.208 e. The van der Waals surface area contributed by atoms with Gasteiger partial charge in [-0.1, -0.05) is 91.0 Å². The molecule has 0 radical (unpaired) electrons. The van der Waals surface area contributed by atoms with Gasteiger partial charge < -0.3 is 0 Å². The molecule has 0 aliphatic heterocycles. The molecule has 12 rings (SSSR count). The van der Waals surface area contributed by atoms with Gasteiger partial charge in [-0.25, -0.2) is 15.0 Å². The van der Waals surface area contributed by atoms with Gasteiger partial charge in [0, 0.05) is 42.3 Å². The van der Waals surface area contributed by atoms with Crippen molar-refractivity contribution in [2.24, 2.45) is 23.7 Å². The van der Waals surface area contributed by atoms with E-state index in [0.29, 0.717) is 11.8 Å². The second-order valence-corrected chi connectivity index (χ2v) is 15.5. The van der Waals surface area contributed by atoms with Crippen LogP contribution in [0, 0.1) is 23.7 Å². The molecule has 0 N–H and O–H groups in total. The summed E-state index contributed by atoms with van der Waals surface area (Å²) >= 11 is 1.84. The van der Waals surface area contributed by atoms with E-state index in [0.717, 1.165) is 40.4 Å². The molecule has 0 atom stereocenters. The number of hydrogen-bond donors (Lipinski definition) is 0. The van der Waals surface area contributed by atoms with Gasteiger partial charge in [0.25, 0.3) is 0 Å². The van der Waals surface area contributed by atoms with Gasteiger partial charge in [-0.3, -0.25) is 0 Å². The quantitative estimate of drug-likeness (QED) is 0.197. The third kappa shape index (κ3) is 3.65. The molecule has 4 bridgehead atoms. The maximum Gasteiger partial charge on any atom is 0.164 e. The number of thiophene rings is 1. The SMILES string of the molecule is c1ccc(-c2nc(-c3ccc4sc5ccccc5c4c3)nc(-c3cccc4c3C3(c5ccccc5-4)C4CC5CC(C4)CC3C5)n2)cc1. The lowest BCUT2D eigenvalue weighted by Gasteiger charge is -2.61. The van der Waals surface area contributed by atoms with Crippen LogP contribution in [0.2, 0.25) is 0 Å². The normalized spacial score (nSPS) is 25.1. The molecule has 226 valence electrons. The molecule has 47 heavy (non-hydrogen) atoms. The van der Waals surface area contributed by atoms with E-state index in [1.54, 1.807) is 5.56 Å². The van der Waals surface area contributed by atoms with Crippen molar-refractivity contribution in [3.05, 3.63) is 126 Å². The average Bonchev–Trinajstić information content (AvgIpc) is 3.64. The van der Waals surface area contributed by atoms with Crippen molar-refractivity contribution < 1.29 is 0 Å². The third-order valence-electron chi connectivity index (χ3n) is 12.1. The van der Waals surface area contributed by atoms with Crippen LogP contribution in [0.25, 0.3) is 65.5 Å². The smallest absolute Gasteiger partial charge is 0.164 e. The number of nitrogens with zero attached hydrogens (tertiary/aromatic N) is 3. The lowest BCUT2D eigenvalue weighted by atomic mass is 9.43. The molecule has 3 nitrogen and oxygen atoms in total.